The van der Waals surface area contributed by atoms with Crippen LogP contribution in [0.1, 0.15) is 40.5 Å². The van der Waals surface area contributed by atoms with Crippen LogP contribution < -0.4 is 5.73 Å². The number of hydrogen-bond acceptors (Lipinski definition) is 3. The second-order valence-electron chi connectivity index (χ2n) is 6.03. The molecule has 0 bridgehead atoms. The fourth-order valence-electron chi connectivity index (χ4n) is 2.61. The highest BCUT2D eigenvalue weighted by molar-refractivity contribution is 5.77. The molecule has 1 aliphatic heterocycles. The number of carboxylic acid groups (broad SMARTS) is 1. The van der Waals surface area contributed by atoms with Gasteiger partial charge in [-0.2, -0.15) is 0 Å². The molecule has 4 heteroatoms. The van der Waals surface area contributed by atoms with Crippen LogP contribution in [-0.4, -0.2) is 40.6 Å². The molecule has 100 valence electrons. The van der Waals surface area contributed by atoms with Gasteiger partial charge in [0.2, 0.25) is 0 Å². The van der Waals surface area contributed by atoms with Crippen molar-refractivity contribution in [3.8, 4) is 0 Å². The molecular weight excluding hydrogens is 216 g/mol. The van der Waals surface area contributed by atoms with E-state index < -0.39 is 11.5 Å². The van der Waals surface area contributed by atoms with Crippen molar-refractivity contribution in [1.82, 2.24) is 4.90 Å². The summed E-state index contributed by atoms with van der Waals surface area (Å²) in [4.78, 5) is 13.3. The molecule has 0 saturated carbocycles. The van der Waals surface area contributed by atoms with Gasteiger partial charge >= 0.3 is 5.97 Å². The number of rotatable bonds is 4. The summed E-state index contributed by atoms with van der Waals surface area (Å²) < 4.78 is 0. The van der Waals surface area contributed by atoms with Crippen LogP contribution >= 0.6 is 0 Å². The van der Waals surface area contributed by atoms with Crippen LogP contribution in [0, 0.1) is 11.8 Å². The molecule has 1 fully saturated rings. The van der Waals surface area contributed by atoms with Crippen molar-refractivity contribution < 1.29 is 9.90 Å². The fourth-order valence-corrected chi connectivity index (χ4v) is 2.61. The van der Waals surface area contributed by atoms with E-state index in [4.69, 9.17) is 10.8 Å². The first kappa shape index (κ1) is 14.5. The number of carboxylic acids is 1. The summed E-state index contributed by atoms with van der Waals surface area (Å²) in [6.45, 7) is 10.2. The number of likely N-dealkylation sites (tertiary alicyclic amines) is 1. The van der Waals surface area contributed by atoms with Crippen molar-refractivity contribution in [3.63, 3.8) is 0 Å². The lowest BCUT2D eigenvalue weighted by atomic mass is 9.85. The molecule has 0 aromatic rings. The Morgan fingerprint density at radius 1 is 1.47 bits per heavy atom. The zero-order chi connectivity index (χ0) is 13.2. The van der Waals surface area contributed by atoms with Crippen molar-refractivity contribution in [2.75, 3.05) is 13.1 Å². The SMILES string of the molecule is CC1CC(C)C(C)N(CCC(C)(N)C(=O)O)C1. The molecular formula is C13H26N2O2. The zero-order valence-corrected chi connectivity index (χ0v) is 11.4. The third-order valence-electron chi connectivity index (χ3n) is 4.13. The van der Waals surface area contributed by atoms with Gasteiger partial charge in [0.05, 0.1) is 0 Å². The lowest BCUT2D eigenvalue weighted by Crippen LogP contribution is -2.51. The summed E-state index contributed by atoms with van der Waals surface area (Å²) in [5.41, 5.74) is 4.66. The van der Waals surface area contributed by atoms with Gasteiger partial charge in [-0.15, -0.1) is 0 Å². The molecule has 0 spiro atoms. The van der Waals surface area contributed by atoms with Crippen LogP contribution in [-0.2, 0) is 4.79 Å². The Morgan fingerprint density at radius 3 is 2.59 bits per heavy atom. The van der Waals surface area contributed by atoms with Crippen molar-refractivity contribution in [2.24, 2.45) is 17.6 Å². The minimum Gasteiger partial charge on any atom is -0.480 e. The van der Waals surface area contributed by atoms with E-state index >= 15 is 0 Å². The third kappa shape index (κ3) is 3.68. The highest BCUT2D eigenvalue weighted by Gasteiger charge is 2.32. The monoisotopic (exact) mass is 242 g/mol. The molecule has 1 saturated heterocycles. The van der Waals surface area contributed by atoms with Gasteiger partial charge in [-0.1, -0.05) is 13.8 Å². The van der Waals surface area contributed by atoms with Gasteiger partial charge in [0.15, 0.2) is 0 Å². The molecule has 17 heavy (non-hydrogen) atoms. The average molecular weight is 242 g/mol. The number of nitrogens with two attached hydrogens (primary N) is 1. The first-order valence-corrected chi connectivity index (χ1v) is 6.50. The Balaban J connectivity index is 2.53. The van der Waals surface area contributed by atoms with Gasteiger partial charge < -0.3 is 15.7 Å². The maximum Gasteiger partial charge on any atom is 0.323 e. The molecule has 1 heterocycles. The van der Waals surface area contributed by atoms with Crippen LogP contribution in [0.4, 0.5) is 0 Å². The Morgan fingerprint density at radius 2 is 2.06 bits per heavy atom. The molecule has 0 aromatic heterocycles. The topological polar surface area (TPSA) is 66.6 Å². The minimum atomic E-state index is -1.11. The van der Waals surface area contributed by atoms with E-state index in [0.29, 0.717) is 24.3 Å². The van der Waals surface area contributed by atoms with Gasteiger partial charge in [0.25, 0.3) is 0 Å². The first-order chi connectivity index (χ1) is 7.74. The number of hydrogen-bond donors (Lipinski definition) is 2. The van der Waals surface area contributed by atoms with E-state index in [0.717, 1.165) is 13.1 Å². The molecule has 4 atom stereocenters. The van der Waals surface area contributed by atoms with Crippen LogP contribution in [0.25, 0.3) is 0 Å². The molecule has 3 N–H and O–H groups in total. The summed E-state index contributed by atoms with van der Waals surface area (Å²) in [5.74, 6) is 0.450. The second kappa shape index (κ2) is 5.36. The summed E-state index contributed by atoms with van der Waals surface area (Å²) in [6.07, 6.45) is 1.77. The molecule has 0 amide bonds. The van der Waals surface area contributed by atoms with Crippen molar-refractivity contribution in [3.05, 3.63) is 0 Å². The number of nitrogens with zero attached hydrogens (tertiary/aromatic N) is 1. The fraction of sp³-hybridized carbons (Fsp3) is 0.923. The highest BCUT2D eigenvalue weighted by atomic mass is 16.4. The molecule has 0 radical (unpaired) electrons. The molecule has 0 aliphatic carbocycles. The normalized spacial score (nSPS) is 34.3. The van der Waals surface area contributed by atoms with E-state index in [2.05, 4.69) is 25.7 Å². The van der Waals surface area contributed by atoms with Crippen LogP contribution in [0.15, 0.2) is 0 Å². The smallest absolute Gasteiger partial charge is 0.323 e. The van der Waals surface area contributed by atoms with E-state index in [1.807, 2.05) is 0 Å². The molecule has 4 unspecified atom stereocenters. The predicted octanol–water partition coefficient (Wildman–Crippen LogP) is 1.54. The zero-order valence-electron chi connectivity index (χ0n) is 11.4. The van der Waals surface area contributed by atoms with Crippen LogP contribution in [0.2, 0.25) is 0 Å². The highest BCUT2D eigenvalue weighted by Crippen LogP contribution is 2.27. The molecule has 1 aliphatic rings. The van der Waals surface area contributed by atoms with Gasteiger partial charge in [0, 0.05) is 19.1 Å². The average Bonchev–Trinajstić information content (AvgIpc) is 2.21. The standard InChI is InChI=1S/C13H26N2O2/c1-9-7-10(2)11(3)15(8-9)6-5-13(4,14)12(16)17/h9-11H,5-8,14H2,1-4H3,(H,16,17). The Labute approximate surface area is 104 Å². The van der Waals surface area contributed by atoms with Gasteiger partial charge in [-0.3, -0.25) is 4.79 Å². The van der Waals surface area contributed by atoms with Crippen molar-refractivity contribution in [2.45, 2.75) is 52.1 Å². The predicted molar refractivity (Wildman–Crippen MR) is 68.8 cm³/mol. The quantitative estimate of drug-likeness (QED) is 0.785. The largest absolute Gasteiger partial charge is 0.480 e. The van der Waals surface area contributed by atoms with Gasteiger partial charge in [-0.25, -0.2) is 0 Å². The van der Waals surface area contributed by atoms with Crippen LogP contribution in [0.3, 0.4) is 0 Å². The number of aliphatic carboxylic acids is 1. The summed E-state index contributed by atoms with van der Waals surface area (Å²) in [7, 11) is 0. The molecule has 1 rings (SSSR count). The molecule has 0 aromatic carbocycles. The third-order valence-corrected chi connectivity index (χ3v) is 4.13. The second-order valence-corrected chi connectivity index (χ2v) is 6.03. The minimum absolute atomic E-state index is 0.506. The van der Waals surface area contributed by atoms with E-state index in [1.54, 1.807) is 6.92 Å². The maximum absolute atomic E-state index is 11.0. The summed E-state index contributed by atoms with van der Waals surface area (Å²) in [5, 5.41) is 9.00. The molecule has 4 nitrogen and oxygen atoms in total. The number of carbonyl (C=O) groups is 1. The Bertz CT molecular complexity index is 279. The van der Waals surface area contributed by atoms with Gasteiger partial charge in [0.1, 0.15) is 5.54 Å². The maximum atomic E-state index is 11.0. The van der Waals surface area contributed by atoms with Crippen molar-refractivity contribution in [1.29, 1.82) is 0 Å². The van der Waals surface area contributed by atoms with E-state index in [1.165, 1.54) is 6.42 Å². The van der Waals surface area contributed by atoms with E-state index in [9.17, 15) is 4.79 Å². The first-order valence-electron chi connectivity index (χ1n) is 6.50. The lowest BCUT2D eigenvalue weighted by Gasteiger charge is -2.42. The van der Waals surface area contributed by atoms with Crippen molar-refractivity contribution >= 4 is 5.97 Å². The summed E-state index contributed by atoms with van der Waals surface area (Å²) in [6, 6.07) is 0.524. The van der Waals surface area contributed by atoms with E-state index in [-0.39, 0.29) is 0 Å². The van der Waals surface area contributed by atoms with Crippen LogP contribution in [0.5, 0.6) is 0 Å². The van der Waals surface area contributed by atoms with Gasteiger partial charge in [-0.05, 0) is 38.5 Å². The number of piperidine rings is 1. The summed E-state index contributed by atoms with van der Waals surface area (Å²) >= 11 is 0. The lowest BCUT2D eigenvalue weighted by molar-refractivity contribution is -0.143. The Kier molecular flexibility index (Phi) is 4.55. The Hall–Kier alpha value is -0.610.